The van der Waals surface area contributed by atoms with Crippen molar-refractivity contribution in [2.45, 2.75) is 23.9 Å². The van der Waals surface area contributed by atoms with Crippen LogP contribution in [0.25, 0.3) is 0 Å². The van der Waals surface area contributed by atoms with Gasteiger partial charge in [-0.3, -0.25) is 4.79 Å². The molecule has 0 spiro atoms. The standard InChI is InChI=1S/C21H20F3N3O3S/c22-21(23,24)18-6-8-19(9-7-18)31(29,30)27-13-11-26(12-14-27)20(28)10-5-16-1-3-17(15-25)4-2-16/h1-4,6-9H,5,10-14H2. The Balaban J connectivity index is 1.55. The van der Waals surface area contributed by atoms with E-state index in [9.17, 15) is 26.4 Å². The third-order valence-electron chi connectivity index (χ3n) is 5.12. The Bertz CT molecular complexity index is 1070. The molecule has 0 atom stereocenters. The molecule has 0 radical (unpaired) electrons. The number of hydrogen-bond donors (Lipinski definition) is 0. The molecule has 2 aromatic carbocycles. The number of hydrogen-bond acceptors (Lipinski definition) is 4. The van der Waals surface area contributed by atoms with Crippen LogP contribution in [0, 0.1) is 11.3 Å². The van der Waals surface area contributed by atoms with Crippen molar-refractivity contribution >= 4 is 15.9 Å². The van der Waals surface area contributed by atoms with Gasteiger partial charge in [-0.15, -0.1) is 0 Å². The van der Waals surface area contributed by atoms with E-state index in [0.717, 1.165) is 29.8 Å². The number of rotatable bonds is 5. The Morgan fingerprint density at radius 2 is 1.55 bits per heavy atom. The molecule has 1 amide bonds. The molecule has 2 aromatic rings. The first kappa shape index (κ1) is 22.8. The summed E-state index contributed by atoms with van der Waals surface area (Å²) in [5.74, 6) is -0.101. The predicted octanol–water partition coefficient (Wildman–Crippen LogP) is 3.04. The molecule has 3 rings (SSSR count). The minimum atomic E-state index is -4.54. The minimum absolute atomic E-state index is 0.0754. The number of benzene rings is 2. The van der Waals surface area contributed by atoms with E-state index >= 15 is 0 Å². The lowest BCUT2D eigenvalue weighted by Gasteiger charge is -2.34. The van der Waals surface area contributed by atoms with Crippen molar-refractivity contribution in [3.8, 4) is 6.07 Å². The van der Waals surface area contributed by atoms with E-state index in [1.165, 1.54) is 4.31 Å². The molecule has 0 aliphatic carbocycles. The summed E-state index contributed by atoms with van der Waals surface area (Å²) in [7, 11) is -3.93. The molecule has 0 saturated carbocycles. The summed E-state index contributed by atoms with van der Waals surface area (Å²) in [5, 5.41) is 8.81. The van der Waals surface area contributed by atoms with Gasteiger partial charge < -0.3 is 4.90 Å². The highest BCUT2D eigenvalue weighted by molar-refractivity contribution is 7.89. The van der Waals surface area contributed by atoms with Gasteiger partial charge in [0.25, 0.3) is 0 Å². The average Bonchev–Trinajstić information content (AvgIpc) is 2.77. The molecule has 1 aliphatic heterocycles. The fourth-order valence-corrected chi connectivity index (χ4v) is 4.72. The molecular weight excluding hydrogens is 431 g/mol. The lowest BCUT2D eigenvalue weighted by Crippen LogP contribution is -2.50. The molecule has 164 valence electrons. The zero-order valence-corrected chi connectivity index (χ0v) is 17.3. The summed E-state index contributed by atoms with van der Waals surface area (Å²) in [6, 6.07) is 12.4. The highest BCUT2D eigenvalue weighted by atomic mass is 32.2. The number of sulfonamides is 1. The molecule has 0 unspecified atom stereocenters. The third kappa shape index (κ3) is 5.42. The van der Waals surface area contributed by atoms with Gasteiger partial charge in [0.2, 0.25) is 15.9 Å². The van der Waals surface area contributed by atoms with Crippen LogP contribution in [-0.4, -0.2) is 49.7 Å². The van der Waals surface area contributed by atoms with Crippen LogP contribution >= 0.6 is 0 Å². The zero-order chi connectivity index (χ0) is 22.6. The Hall–Kier alpha value is -2.90. The average molecular weight is 451 g/mol. The highest BCUT2D eigenvalue weighted by Crippen LogP contribution is 2.30. The van der Waals surface area contributed by atoms with Gasteiger partial charge in [0.1, 0.15) is 0 Å². The van der Waals surface area contributed by atoms with Crippen molar-refractivity contribution in [3.63, 3.8) is 0 Å². The van der Waals surface area contributed by atoms with Crippen molar-refractivity contribution < 1.29 is 26.4 Å². The summed E-state index contributed by atoms with van der Waals surface area (Å²) in [4.78, 5) is 13.8. The number of nitrogens with zero attached hydrogens (tertiary/aromatic N) is 3. The predicted molar refractivity (Wildman–Crippen MR) is 106 cm³/mol. The van der Waals surface area contributed by atoms with Crippen molar-refractivity contribution in [2.75, 3.05) is 26.2 Å². The van der Waals surface area contributed by atoms with Crippen molar-refractivity contribution in [3.05, 3.63) is 65.2 Å². The lowest BCUT2D eigenvalue weighted by atomic mass is 10.1. The van der Waals surface area contributed by atoms with Gasteiger partial charge in [0.05, 0.1) is 22.1 Å². The Kier molecular flexibility index (Phi) is 6.67. The first-order valence-corrected chi connectivity index (χ1v) is 11.0. The van der Waals surface area contributed by atoms with Crippen LogP contribution in [0.3, 0.4) is 0 Å². The normalized spacial score (nSPS) is 15.5. The van der Waals surface area contributed by atoms with Gasteiger partial charge in [-0.05, 0) is 48.4 Å². The summed E-state index contributed by atoms with van der Waals surface area (Å²) in [6.45, 7) is 0.579. The quantitative estimate of drug-likeness (QED) is 0.700. The fourth-order valence-electron chi connectivity index (χ4n) is 3.30. The molecule has 0 aromatic heterocycles. The molecule has 0 bridgehead atoms. The number of halogens is 3. The molecule has 0 N–H and O–H groups in total. The number of carbonyl (C=O) groups excluding carboxylic acids is 1. The largest absolute Gasteiger partial charge is 0.416 e. The zero-order valence-electron chi connectivity index (χ0n) is 16.5. The second kappa shape index (κ2) is 9.08. The second-order valence-electron chi connectivity index (χ2n) is 7.12. The van der Waals surface area contributed by atoms with E-state index < -0.39 is 21.8 Å². The Morgan fingerprint density at radius 3 is 2.06 bits per heavy atom. The molecule has 1 heterocycles. The van der Waals surface area contributed by atoms with Crippen LogP contribution in [0.15, 0.2) is 53.4 Å². The van der Waals surface area contributed by atoms with E-state index in [2.05, 4.69) is 0 Å². The first-order valence-electron chi connectivity index (χ1n) is 9.55. The summed E-state index contributed by atoms with van der Waals surface area (Å²) >= 11 is 0. The van der Waals surface area contributed by atoms with E-state index in [1.807, 2.05) is 6.07 Å². The van der Waals surface area contributed by atoms with Crippen LogP contribution in [0.1, 0.15) is 23.1 Å². The molecule has 10 heteroatoms. The van der Waals surface area contributed by atoms with Gasteiger partial charge in [0.15, 0.2) is 0 Å². The molecule has 1 aliphatic rings. The summed E-state index contributed by atoms with van der Waals surface area (Å²) < 4.78 is 64.6. The molecule has 1 fully saturated rings. The number of alkyl halides is 3. The maximum Gasteiger partial charge on any atom is 0.416 e. The van der Waals surface area contributed by atoms with E-state index in [-0.39, 0.29) is 43.4 Å². The van der Waals surface area contributed by atoms with E-state index in [1.54, 1.807) is 29.2 Å². The minimum Gasteiger partial charge on any atom is -0.340 e. The molecule has 31 heavy (non-hydrogen) atoms. The van der Waals surface area contributed by atoms with Gasteiger partial charge in [-0.1, -0.05) is 12.1 Å². The van der Waals surface area contributed by atoms with E-state index in [0.29, 0.717) is 12.0 Å². The Morgan fingerprint density at radius 1 is 0.968 bits per heavy atom. The topological polar surface area (TPSA) is 81.5 Å². The molecular formula is C21H20F3N3O3S. The van der Waals surface area contributed by atoms with Crippen LogP contribution in [0.5, 0.6) is 0 Å². The Labute approximate surface area is 178 Å². The SMILES string of the molecule is N#Cc1ccc(CCC(=O)N2CCN(S(=O)(=O)c3ccc(C(F)(F)F)cc3)CC2)cc1. The van der Waals surface area contributed by atoms with Gasteiger partial charge in [0, 0.05) is 32.6 Å². The van der Waals surface area contributed by atoms with Gasteiger partial charge in [-0.2, -0.15) is 22.7 Å². The van der Waals surface area contributed by atoms with Crippen LogP contribution in [-0.2, 0) is 27.4 Å². The van der Waals surface area contributed by atoms with Crippen LogP contribution in [0.4, 0.5) is 13.2 Å². The maximum absolute atomic E-state index is 12.7. The van der Waals surface area contributed by atoms with Crippen molar-refractivity contribution in [1.82, 2.24) is 9.21 Å². The number of piperazine rings is 1. The summed E-state index contributed by atoms with van der Waals surface area (Å²) in [6.07, 6.45) is -3.77. The smallest absolute Gasteiger partial charge is 0.340 e. The van der Waals surface area contributed by atoms with Gasteiger partial charge >= 0.3 is 6.18 Å². The molecule has 6 nitrogen and oxygen atoms in total. The third-order valence-corrected chi connectivity index (χ3v) is 7.03. The molecule has 1 saturated heterocycles. The number of amides is 1. The van der Waals surface area contributed by atoms with E-state index in [4.69, 9.17) is 5.26 Å². The van der Waals surface area contributed by atoms with Crippen molar-refractivity contribution in [2.24, 2.45) is 0 Å². The highest BCUT2D eigenvalue weighted by Gasteiger charge is 2.33. The van der Waals surface area contributed by atoms with Gasteiger partial charge in [-0.25, -0.2) is 8.42 Å². The lowest BCUT2D eigenvalue weighted by molar-refractivity contribution is -0.137. The monoisotopic (exact) mass is 451 g/mol. The van der Waals surface area contributed by atoms with Crippen LogP contribution in [0.2, 0.25) is 0 Å². The summed E-state index contributed by atoms with van der Waals surface area (Å²) in [5.41, 5.74) is 0.556. The van der Waals surface area contributed by atoms with Crippen LogP contribution < -0.4 is 0 Å². The number of carbonyl (C=O) groups is 1. The second-order valence-corrected chi connectivity index (χ2v) is 9.05. The maximum atomic E-state index is 12.7. The first-order chi connectivity index (χ1) is 14.6. The fraction of sp³-hybridized carbons (Fsp3) is 0.333. The number of nitriles is 1. The number of aryl methyl sites for hydroxylation is 1. The van der Waals surface area contributed by atoms with Crippen molar-refractivity contribution in [1.29, 1.82) is 5.26 Å².